The maximum Gasteiger partial charge on any atom is 0.311 e. The summed E-state index contributed by atoms with van der Waals surface area (Å²) < 4.78 is 9.46. The fraction of sp³-hybridized carbons (Fsp3) is 0.818. The van der Waals surface area contributed by atoms with Crippen molar-refractivity contribution in [1.82, 2.24) is 0 Å². The fourth-order valence-electron chi connectivity index (χ4n) is 0.804. The summed E-state index contributed by atoms with van der Waals surface area (Å²) >= 11 is 0. The van der Waals surface area contributed by atoms with E-state index >= 15 is 0 Å². The highest BCUT2D eigenvalue weighted by atomic mass is 16.7. The third kappa shape index (κ3) is 7.97. The Balaban J connectivity index is 3.70. The number of hydrogen-bond acceptors (Lipinski definition) is 4. The Morgan fingerprint density at radius 3 is 2.07 bits per heavy atom. The van der Waals surface area contributed by atoms with Gasteiger partial charge in [0.15, 0.2) is 0 Å². The smallest absolute Gasteiger partial charge is 0.311 e. The lowest BCUT2D eigenvalue weighted by molar-refractivity contribution is -0.170. The zero-order valence-electron chi connectivity index (χ0n) is 10.1. The number of carbonyl (C=O) groups excluding carboxylic acids is 2. The van der Waals surface area contributed by atoms with E-state index in [1.807, 2.05) is 20.8 Å². The van der Waals surface area contributed by atoms with Gasteiger partial charge in [0.1, 0.15) is 0 Å². The van der Waals surface area contributed by atoms with Crippen LogP contribution in [0.15, 0.2) is 0 Å². The number of carbonyl (C=O) groups is 2. The quantitative estimate of drug-likeness (QED) is 0.533. The highest BCUT2D eigenvalue weighted by Gasteiger charge is 2.17. The van der Waals surface area contributed by atoms with Gasteiger partial charge in [0.25, 0.3) is 0 Å². The van der Waals surface area contributed by atoms with Crippen molar-refractivity contribution in [3.63, 3.8) is 0 Å². The van der Waals surface area contributed by atoms with E-state index in [0.29, 0.717) is 6.42 Å². The molecule has 0 amide bonds. The third-order valence-corrected chi connectivity index (χ3v) is 1.57. The molecule has 4 nitrogen and oxygen atoms in total. The number of ether oxygens (including phenoxy) is 2. The van der Waals surface area contributed by atoms with Gasteiger partial charge in [-0.1, -0.05) is 34.6 Å². The van der Waals surface area contributed by atoms with E-state index < -0.39 is 0 Å². The van der Waals surface area contributed by atoms with Crippen LogP contribution in [0.4, 0.5) is 0 Å². The minimum absolute atomic E-state index is 0.112. The van der Waals surface area contributed by atoms with Gasteiger partial charge >= 0.3 is 11.9 Å². The Morgan fingerprint density at radius 2 is 1.67 bits per heavy atom. The van der Waals surface area contributed by atoms with Crippen LogP contribution in [0.3, 0.4) is 0 Å². The third-order valence-electron chi connectivity index (χ3n) is 1.57. The van der Waals surface area contributed by atoms with Crippen LogP contribution in [0, 0.1) is 11.3 Å². The van der Waals surface area contributed by atoms with E-state index in [1.165, 1.54) is 0 Å². The summed E-state index contributed by atoms with van der Waals surface area (Å²) in [5.41, 5.74) is -0.112. The molecule has 0 unspecified atom stereocenters. The molecule has 0 spiro atoms. The first-order chi connectivity index (χ1) is 6.72. The lowest BCUT2D eigenvalue weighted by atomic mass is 9.93. The molecule has 0 aliphatic heterocycles. The van der Waals surface area contributed by atoms with Crippen molar-refractivity contribution < 1.29 is 19.1 Å². The van der Waals surface area contributed by atoms with Gasteiger partial charge in [0.2, 0.25) is 6.79 Å². The Hall–Kier alpha value is -1.06. The average Bonchev–Trinajstić information content (AvgIpc) is 2.00. The Kier molecular flexibility index (Phi) is 5.33. The molecular formula is C11H20O4. The number of rotatable bonds is 4. The van der Waals surface area contributed by atoms with Crippen LogP contribution in [-0.4, -0.2) is 18.7 Å². The van der Waals surface area contributed by atoms with Gasteiger partial charge in [-0.2, -0.15) is 0 Å². The van der Waals surface area contributed by atoms with Gasteiger partial charge in [-0.25, -0.2) is 0 Å². The molecule has 0 rings (SSSR count). The normalized spacial score (nSPS) is 11.3. The van der Waals surface area contributed by atoms with Crippen molar-refractivity contribution in [1.29, 1.82) is 0 Å². The molecule has 4 heteroatoms. The Morgan fingerprint density at radius 1 is 1.13 bits per heavy atom. The van der Waals surface area contributed by atoms with Crippen LogP contribution in [-0.2, 0) is 19.1 Å². The summed E-state index contributed by atoms with van der Waals surface area (Å²) in [5, 5.41) is 0. The topological polar surface area (TPSA) is 52.6 Å². The Bertz CT molecular complexity index is 225. The molecule has 0 atom stereocenters. The molecular weight excluding hydrogens is 196 g/mol. The minimum atomic E-state index is -0.362. The van der Waals surface area contributed by atoms with Gasteiger partial charge in [-0.15, -0.1) is 0 Å². The van der Waals surface area contributed by atoms with Gasteiger partial charge < -0.3 is 9.47 Å². The summed E-state index contributed by atoms with van der Waals surface area (Å²) in [6.45, 7) is 8.97. The van der Waals surface area contributed by atoms with Crippen LogP contribution >= 0.6 is 0 Å². The lowest BCUT2D eigenvalue weighted by Crippen LogP contribution is -2.19. The van der Waals surface area contributed by atoms with E-state index in [-0.39, 0.29) is 30.1 Å². The maximum atomic E-state index is 11.2. The first kappa shape index (κ1) is 13.9. The molecule has 0 aliphatic rings. The van der Waals surface area contributed by atoms with Gasteiger partial charge in [-0.3, -0.25) is 9.59 Å². The zero-order valence-corrected chi connectivity index (χ0v) is 10.1. The van der Waals surface area contributed by atoms with Crippen molar-refractivity contribution in [2.24, 2.45) is 11.3 Å². The molecule has 0 saturated heterocycles. The van der Waals surface area contributed by atoms with Crippen molar-refractivity contribution in [2.45, 2.75) is 41.0 Å². The molecule has 0 aromatic carbocycles. The summed E-state index contributed by atoms with van der Waals surface area (Å²) in [6, 6.07) is 0. The van der Waals surface area contributed by atoms with Crippen LogP contribution in [0.25, 0.3) is 0 Å². The van der Waals surface area contributed by atoms with Crippen molar-refractivity contribution in [2.75, 3.05) is 6.79 Å². The molecule has 0 heterocycles. The zero-order chi connectivity index (χ0) is 12.1. The first-order valence-corrected chi connectivity index (χ1v) is 5.04. The molecule has 0 bridgehead atoms. The van der Waals surface area contributed by atoms with Crippen LogP contribution < -0.4 is 0 Å². The number of esters is 2. The molecule has 0 radical (unpaired) electrons. The Labute approximate surface area is 90.9 Å². The monoisotopic (exact) mass is 216 g/mol. The standard InChI is InChI=1S/C11H20O4/c1-8(2)10(13)15-7-14-9(12)6-11(3,4)5/h8H,6-7H2,1-5H3. The average molecular weight is 216 g/mol. The van der Waals surface area contributed by atoms with E-state index in [0.717, 1.165) is 0 Å². The summed E-state index contributed by atoms with van der Waals surface area (Å²) in [7, 11) is 0. The molecule has 0 aromatic heterocycles. The summed E-state index contributed by atoms with van der Waals surface area (Å²) in [5.74, 6) is -0.913. The van der Waals surface area contributed by atoms with E-state index in [9.17, 15) is 9.59 Å². The van der Waals surface area contributed by atoms with Crippen molar-refractivity contribution in [3.8, 4) is 0 Å². The second-order valence-electron chi connectivity index (χ2n) is 4.99. The molecule has 0 aromatic rings. The number of hydrogen-bond donors (Lipinski definition) is 0. The highest BCUT2D eigenvalue weighted by Crippen LogP contribution is 2.18. The van der Waals surface area contributed by atoms with Crippen LogP contribution in [0.5, 0.6) is 0 Å². The molecule has 15 heavy (non-hydrogen) atoms. The van der Waals surface area contributed by atoms with Gasteiger partial charge in [-0.05, 0) is 5.41 Å². The predicted molar refractivity (Wildman–Crippen MR) is 56.0 cm³/mol. The second kappa shape index (κ2) is 5.73. The summed E-state index contributed by atoms with van der Waals surface area (Å²) in [6.07, 6.45) is 0.312. The SMILES string of the molecule is CC(C)C(=O)OCOC(=O)CC(C)(C)C. The highest BCUT2D eigenvalue weighted by molar-refractivity contribution is 5.72. The van der Waals surface area contributed by atoms with Gasteiger partial charge in [0.05, 0.1) is 12.3 Å². The van der Waals surface area contributed by atoms with Crippen LogP contribution in [0.1, 0.15) is 41.0 Å². The van der Waals surface area contributed by atoms with Crippen LogP contribution in [0.2, 0.25) is 0 Å². The molecule has 88 valence electrons. The van der Waals surface area contributed by atoms with E-state index in [1.54, 1.807) is 13.8 Å². The second-order valence-corrected chi connectivity index (χ2v) is 4.99. The van der Waals surface area contributed by atoms with Crippen molar-refractivity contribution >= 4 is 11.9 Å². The fourth-order valence-corrected chi connectivity index (χ4v) is 0.804. The predicted octanol–water partition coefficient (Wildman–Crippen LogP) is 2.12. The first-order valence-electron chi connectivity index (χ1n) is 5.04. The summed E-state index contributed by atoms with van der Waals surface area (Å²) in [4.78, 5) is 22.2. The van der Waals surface area contributed by atoms with Crippen molar-refractivity contribution in [3.05, 3.63) is 0 Å². The minimum Gasteiger partial charge on any atom is -0.428 e. The molecule has 0 fully saturated rings. The van der Waals surface area contributed by atoms with E-state index in [4.69, 9.17) is 9.47 Å². The van der Waals surface area contributed by atoms with E-state index in [2.05, 4.69) is 0 Å². The largest absolute Gasteiger partial charge is 0.428 e. The molecule has 0 N–H and O–H groups in total. The van der Waals surface area contributed by atoms with Gasteiger partial charge in [0, 0.05) is 0 Å². The molecule has 0 saturated carbocycles. The lowest BCUT2D eigenvalue weighted by Gasteiger charge is -2.16. The molecule has 0 aliphatic carbocycles. The maximum absolute atomic E-state index is 11.2.